The van der Waals surface area contributed by atoms with Crippen LogP contribution in [0.5, 0.6) is 0 Å². The molecule has 9 N–H and O–H groups in total. The van der Waals surface area contributed by atoms with Gasteiger partial charge in [0.15, 0.2) is 0 Å². The summed E-state index contributed by atoms with van der Waals surface area (Å²) in [6.45, 7) is 1.51. The maximum atomic E-state index is 13.0. The minimum absolute atomic E-state index is 0.0194. The van der Waals surface area contributed by atoms with Gasteiger partial charge in [0.05, 0.1) is 13.1 Å². The molecule has 4 amide bonds. The van der Waals surface area contributed by atoms with Gasteiger partial charge in [0.1, 0.15) is 17.9 Å². The van der Waals surface area contributed by atoms with Crippen LogP contribution in [0.1, 0.15) is 51.9 Å². The highest BCUT2D eigenvalue weighted by Gasteiger charge is 2.32. The molecule has 0 unspecified atom stereocenters. The molecule has 30 heavy (non-hydrogen) atoms. The standard InChI is InChI=1S/C19H35N7O4/c1-12(27)25-17(13-6-3-2-4-7-13)19(30)26-14(18(29)24-11-16(22)28)8-5-9-23-15(21)10-20/h13-14,17H,2-11,20H2,1H3,(H2,21,23)(H2,22,28)(H,24,29)(H,25,27)(H,26,30)/t14-,17-/m0/s1. The average molecular weight is 426 g/mol. The lowest BCUT2D eigenvalue weighted by molar-refractivity contribution is -0.133. The Bertz CT molecular complexity index is 632. The van der Waals surface area contributed by atoms with Crippen molar-refractivity contribution in [3.05, 3.63) is 0 Å². The zero-order chi connectivity index (χ0) is 22.5. The Morgan fingerprint density at radius 2 is 1.70 bits per heavy atom. The van der Waals surface area contributed by atoms with Crippen LogP contribution in [0.3, 0.4) is 0 Å². The molecule has 11 nitrogen and oxygen atoms in total. The monoisotopic (exact) mass is 425 g/mol. The fourth-order valence-corrected chi connectivity index (χ4v) is 3.49. The molecule has 11 heteroatoms. The van der Waals surface area contributed by atoms with Gasteiger partial charge in [0, 0.05) is 13.5 Å². The van der Waals surface area contributed by atoms with Crippen molar-refractivity contribution in [1.29, 1.82) is 0 Å². The molecule has 0 aliphatic heterocycles. The van der Waals surface area contributed by atoms with E-state index in [1.54, 1.807) is 0 Å². The van der Waals surface area contributed by atoms with Crippen LogP contribution in [0.4, 0.5) is 0 Å². The van der Waals surface area contributed by atoms with Gasteiger partial charge in [-0.05, 0) is 31.6 Å². The summed E-state index contributed by atoms with van der Waals surface area (Å²) in [7, 11) is 0. The number of carbonyl (C=O) groups is 4. The van der Waals surface area contributed by atoms with E-state index < -0.39 is 29.8 Å². The molecule has 0 heterocycles. The van der Waals surface area contributed by atoms with Crippen molar-refractivity contribution in [3.8, 4) is 0 Å². The molecule has 2 atom stereocenters. The highest BCUT2D eigenvalue weighted by molar-refractivity contribution is 5.93. The number of hydrogen-bond acceptors (Lipinski definition) is 6. The zero-order valence-electron chi connectivity index (χ0n) is 17.6. The van der Waals surface area contributed by atoms with E-state index in [1.807, 2.05) is 0 Å². The second-order valence-corrected chi connectivity index (χ2v) is 7.54. The third-order valence-electron chi connectivity index (χ3n) is 5.01. The van der Waals surface area contributed by atoms with Crippen LogP contribution in [0, 0.1) is 5.92 Å². The molecule has 1 fully saturated rings. The first kappa shape index (κ1) is 25.3. The summed E-state index contributed by atoms with van der Waals surface area (Å²) in [5.74, 6) is -1.61. The van der Waals surface area contributed by atoms with E-state index in [9.17, 15) is 19.2 Å². The maximum Gasteiger partial charge on any atom is 0.243 e. The predicted octanol–water partition coefficient (Wildman–Crippen LogP) is -1.75. The third-order valence-corrected chi connectivity index (χ3v) is 5.01. The lowest BCUT2D eigenvalue weighted by Crippen LogP contribution is -2.56. The van der Waals surface area contributed by atoms with Crippen molar-refractivity contribution in [1.82, 2.24) is 16.0 Å². The molecule has 0 aromatic rings. The molecule has 170 valence electrons. The largest absolute Gasteiger partial charge is 0.386 e. The normalized spacial score (nSPS) is 16.9. The molecule has 0 saturated heterocycles. The van der Waals surface area contributed by atoms with E-state index in [0.717, 1.165) is 32.1 Å². The average Bonchev–Trinajstić information content (AvgIpc) is 2.72. The molecular formula is C19H35N7O4. The van der Waals surface area contributed by atoms with E-state index in [-0.39, 0.29) is 31.3 Å². The Kier molecular flexibility index (Phi) is 11.4. The van der Waals surface area contributed by atoms with Crippen molar-refractivity contribution in [3.63, 3.8) is 0 Å². The van der Waals surface area contributed by atoms with Crippen LogP contribution in [0.2, 0.25) is 0 Å². The summed E-state index contributed by atoms with van der Waals surface area (Å²) in [6, 6.07) is -1.61. The number of carbonyl (C=O) groups excluding carboxylic acids is 4. The maximum absolute atomic E-state index is 13.0. The molecule has 0 aromatic carbocycles. The molecule has 0 radical (unpaired) electrons. The Morgan fingerprint density at radius 1 is 1.03 bits per heavy atom. The van der Waals surface area contributed by atoms with Crippen LogP contribution in [0.15, 0.2) is 4.99 Å². The van der Waals surface area contributed by atoms with Gasteiger partial charge >= 0.3 is 0 Å². The van der Waals surface area contributed by atoms with E-state index in [2.05, 4.69) is 20.9 Å². The Balaban J connectivity index is 2.82. The first-order valence-corrected chi connectivity index (χ1v) is 10.4. The minimum Gasteiger partial charge on any atom is -0.386 e. The number of hydrogen-bond donors (Lipinski definition) is 6. The van der Waals surface area contributed by atoms with Gasteiger partial charge in [0.2, 0.25) is 23.6 Å². The Hall–Kier alpha value is -2.69. The van der Waals surface area contributed by atoms with Crippen molar-refractivity contribution in [2.45, 2.75) is 64.0 Å². The molecule has 1 saturated carbocycles. The lowest BCUT2D eigenvalue weighted by Gasteiger charge is -2.31. The summed E-state index contributed by atoms with van der Waals surface area (Å²) in [6.07, 6.45) is 5.51. The van der Waals surface area contributed by atoms with Gasteiger partial charge in [-0.3, -0.25) is 24.2 Å². The molecule has 1 rings (SSSR count). The fraction of sp³-hybridized carbons (Fsp3) is 0.737. The molecule has 1 aliphatic carbocycles. The number of nitrogens with one attached hydrogen (secondary N) is 3. The number of rotatable bonds is 12. The first-order chi connectivity index (χ1) is 14.2. The molecule has 1 aliphatic rings. The Labute approximate surface area is 177 Å². The van der Waals surface area contributed by atoms with Crippen LogP contribution < -0.4 is 33.2 Å². The second-order valence-electron chi connectivity index (χ2n) is 7.54. The van der Waals surface area contributed by atoms with Gasteiger partial charge in [-0.25, -0.2) is 0 Å². The van der Waals surface area contributed by atoms with E-state index >= 15 is 0 Å². The van der Waals surface area contributed by atoms with Crippen LogP contribution in [-0.2, 0) is 19.2 Å². The quantitative estimate of drug-likeness (QED) is 0.122. The zero-order valence-corrected chi connectivity index (χ0v) is 17.6. The van der Waals surface area contributed by atoms with Crippen molar-refractivity contribution >= 4 is 29.5 Å². The smallest absolute Gasteiger partial charge is 0.243 e. The van der Waals surface area contributed by atoms with Crippen molar-refractivity contribution < 1.29 is 19.2 Å². The topological polar surface area (TPSA) is 195 Å². The van der Waals surface area contributed by atoms with Gasteiger partial charge in [-0.1, -0.05) is 19.3 Å². The number of amides is 4. The summed E-state index contributed by atoms with van der Waals surface area (Å²) >= 11 is 0. The summed E-state index contributed by atoms with van der Waals surface area (Å²) in [5.41, 5.74) is 16.0. The number of primary amides is 1. The van der Waals surface area contributed by atoms with Gasteiger partial charge in [0.25, 0.3) is 0 Å². The predicted molar refractivity (Wildman–Crippen MR) is 113 cm³/mol. The van der Waals surface area contributed by atoms with Crippen molar-refractivity contribution in [2.24, 2.45) is 28.1 Å². The SMILES string of the molecule is CC(=O)N[C@H](C(=O)N[C@@H](CCCN=C(N)CN)C(=O)NCC(N)=O)C1CCCCC1. The Morgan fingerprint density at radius 3 is 2.27 bits per heavy atom. The fourth-order valence-electron chi connectivity index (χ4n) is 3.49. The number of aliphatic imine (C=N–C) groups is 1. The summed E-state index contributed by atoms with van der Waals surface area (Å²) in [4.78, 5) is 52.1. The second kappa shape index (κ2) is 13.5. The summed E-state index contributed by atoms with van der Waals surface area (Å²) < 4.78 is 0. The molecule has 0 bridgehead atoms. The van der Waals surface area contributed by atoms with Crippen LogP contribution in [0.25, 0.3) is 0 Å². The van der Waals surface area contributed by atoms with E-state index in [0.29, 0.717) is 18.8 Å². The number of amidine groups is 1. The lowest BCUT2D eigenvalue weighted by atomic mass is 9.83. The van der Waals surface area contributed by atoms with Crippen molar-refractivity contribution in [2.75, 3.05) is 19.6 Å². The highest BCUT2D eigenvalue weighted by Crippen LogP contribution is 2.26. The van der Waals surface area contributed by atoms with E-state index in [4.69, 9.17) is 17.2 Å². The first-order valence-electron chi connectivity index (χ1n) is 10.4. The molecule has 0 spiro atoms. The third kappa shape index (κ3) is 9.68. The van der Waals surface area contributed by atoms with Crippen LogP contribution >= 0.6 is 0 Å². The van der Waals surface area contributed by atoms with Gasteiger partial charge in [-0.2, -0.15) is 0 Å². The highest BCUT2D eigenvalue weighted by atomic mass is 16.2. The molecule has 0 aromatic heterocycles. The van der Waals surface area contributed by atoms with Gasteiger partial charge < -0.3 is 33.2 Å². The number of nitrogens with zero attached hydrogens (tertiary/aromatic N) is 1. The minimum atomic E-state index is -0.897. The van der Waals surface area contributed by atoms with E-state index in [1.165, 1.54) is 6.92 Å². The summed E-state index contributed by atoms with van der Waals surface area (Å²) in [5, 5.41) is 7.86. The number of nitrogens with two attached hydrogens (primary N) is 3. The molecular weight excluding hydrogens is 390 g/mol. The van der Waals surface area contributed by atoms with Gasteiger partial charge in [-0.15, -0.1) is 0 Å². The van der Waals surface area contributed by atoms with Crippen LogP contribution in [-0.4, -0.2) is 61.2 Å².